The average molecular weight is 119 g/mol. The molecule has 0 amide bonds. The van der Waals surface area contributed by atoms with E-state index in [0.29, 0.717) is 0 Å². The minimum absolute atomic E-state index is 1.00. The molecule has 0 aliphatic carbocycles. The predicted octanol–water partition coefficient (Wildman–Crippen LogP) is 2.08. The van der Waals surface area contributed by atoms with E-state index in [9.17, 15) is 0 Å². The van der Waals surface area contributed by atoms with Gasteiger partial charge in [0, 0.05) is 18.0 Å². The van der Waals surface area contributed by atoms with Crippen LogP contribution in [0.2, 0.25) is 0 Å². The molecule has 1 aliphatic heterocycles. The van der Waals surface area contributed by atoms with E-state index >= 15 is 0 Å². The third kappa shape index (κ3) is 1.71. The normalized spacial score (nSPS) is 16.7. The first-order valence-corrected chi connectivity index (χ1v) is 2.93. The van der Waals surface area contributed by atoms with Crippen molar-refractivity contribution >= 4 is 5.71 Å². The van der Waals surface area contributed by atoms with E-state index in [1.807, 2.05) is 32.2 Å². The fourth-order valence-corrected chi connectivity index (χ4v) is 0.572. The Labute approximate surface area is 55.1 Å². The monoisotopic (exact) mass is 119 g/mol. The summed E-state index contributed by atoms with van der Waals surface area (Å²) in [4.78, 5) is 4.11. The van der Waals surface area contributed by atoms with Crippen molar-refractivity contribution in [2.45, 2.75) is 13.8 Å². The molecule has 46 valence electrons. The first kappa shape index (κ1) is 6.06. The molecular formula is C8H9N. The van der Waals surface area contributed by atoms with Gasteiger partial charge in [-0.2, -0.15) is 0 Å². The Bertz CT molecular complexity index is 203. The predicted molar refractivity (Wildman–Crippen MR) is 39.5 cm³/mol. The summed E-state index contributed by atoms with van der Waals surface area (Å²) in [7, 11) is 0. The lowest BCUT2D eigenvalue weighted by Crippen LogP contribution is -1.77. The minimum atomic E-state index is 1.00. The molecule has 0 radical (unpaired) electrons. The molecule has 1 heterocycles. The SMILES string of the molecule is CC1=CN=C(C)C=C=C1. The fraction of sp³-hybridized carbons (Fsp3) is 0.250. The highest BCUT2D eigenvalue weighted by Gasteiger charge is 1.84. The number of hydrogen-bond acceptors (Lipinski definition) is 1. The van der Waals surface area contributed by atoms with Gasteiger partial charge >= 0.3 is 0 Å². The second-order valence-corrected chi connectivity index (χ2v) is 2.10. The molecule has 1 rings (SSSR count). The van der Waals surface area contributed by atoms with Crippen molar-refractivity contribution in [1.82, 2.24) is 0 Å². The van der Waals surface area contributed by atoms with E-state index in [1.54, 1.807) is 0 Å². The van der Waals surface area contributed by atoms with Crippen LogP contribution in [0.1, 0.15) is 13.8 Å². The highest BCUT2D eigenvalue weighted by atomic mass is 14.7. The lowest BCUT2D eigenvalue weighted by molar-refractivity contribution is 1.43. The second kappa shape index (κ2) is 2.47. The summed E-state index contributed by atoms with van der Waals surface area (Å²) in [5.41, 5.74) is 5.14. The molecule has 0 bridgehead atoms. The first-order valence-electron chi connectivity index (χ1n) is 2.93. The number of rotatable bonds is 0. The zero-order valence-electron chi connectivity index (χ0n) is 5.68. The van der Waals surface area contributed by atoms with Crippen LogP contribution in [0.4, 0.5) is 0 Å². The van der Waals surface area contributed by atoms with Crippen molar-refractivity contribution < 1.29 is 0 Å². The number of allylic oxidation sites excluding steroid dienone is 2. The van der Waals surface area contributed by atoms with Gasteiger partial charge in [0.1, 0.15) is 0 Å². The van der Waals surface area contributed by atoms with Crippen LogP contribution in [0.3, 0.4) is 0 Å². The molecule has 1 aliphatic rings. The van der Waals surface area contributed by atoms with Crippen LogP contribution in [-0.2, 0) is 0 Å². The van der Waals surface area contributed by atoms with Gasteiger partial charge in [-0.3, -0.25) is 4.99 Å². The van der Waals surface area contributed by atoms with Crippen LogP contribution in [0.25, 0.3) is 0 Å². The summed E-state index contributed by atoms with van der Waals surface area (Å²) in [5, 5.41) is 0. The molecule has 0 unspecified atom stereocenters. The number of aliphatic imine (C=N–C) groups is 1. The van der Waals surface area contributed by atoms with Crippen molar-refractivity contribution in [2.75, 3.05) is 0 Å². The van der Waals surface area contributed by atoms with Gasteiger partial charge in [0.15, 0.2) is 0 Å². The molecule has 1 nitrogen and oxygen atoms in total. The molecule has 0 aromatic rings. The summed E-state index contributed by atoms with van der Waals surface area (Å²) in [6.07, 6.45) is 5.62. The maximum Gasteiger partial charge on any atom is 0.0449 e. The highest BCUT2D eigenvalue weighted by Crippen LogP contribution is 1.97. The van der Waals surface area contributed by atoms with Gasteiger partial charge in [-0.15, -0.1) is 5.73 Å². The number of nitrogens with zero attached hydrogens (tertiary/aromatic N) is 1. The Hall–Kier alpha value is -1.07. The molecule has 0 fully saturated rings. The molecule has 0 spiro atoms. The largest absolute Gasteiger partial charge is 0.261 e. The van der Waals surface area contributed by atoms with Gasteiger partial charge in [0.25, 0.3) is 0 Å². The fourth-order valence-electron chi connectivity index (χ4n) is 0.572. The van der Waals surface area contributed by atoms with Gasteiger partial charge in [0.2, 0.25) is 0 Å². The van der Waals surface area contributed by atoms with E-state index in [2.05, 4.69) is 10.7 Å². The summed E-state index contributed by atoms with van der Waals surface area (Å²) in [6, 6.07) is 0. The summed E-state index contributed by atoms with van der Waals surface area (Å²) >= 11 is 0. The Morgan fingerprint density at radius 3 is 2.89 bits per heavy atom. The zero-order valence-corrected chi connectivity index (χ0v) is 5.68. The average Bonchev–Trinajstić information content (AvgIpc) is 1.97. The van der Waals surface area contributed by atoms with Crippen molar-refractivity contribution in [1.29, 1.82) is 0 Å². The Balaban J connectivity index is 3.00. The van der Waals surface area contributed by atoms with E-state index in [-0.39, 0.29) is 0 Å². The second-order valence-electron chi connectivity index (χ2n) is 2.10. The van der Waals surface area contributed by atoms with E-state index in [4.69, 9.17) is 0 Å². The zero-order chi connectivity index (χ0) is 6.69. The van der Waals surface area contributed by atoms with Crippen molar-refractivity contribution in [3.63, 3.8) is 0 Å². The minimum Gasteiger partial charge on any atom is -0.261 e. The molecule has 0 atom stereocenters. The summed E-state index contributed by atoms with van der Waals surface area (Å²) in [5.74, 6) is 0. The van der Waals surface area contributed by atoms with Gasteiger partial charge in [-0.1, -0.05) is 0 Å². The summed E-state index contributed by atoms with van der Waals surface area (Å²) in [6.45, 7) is 3.96. The van der Waals surface area contributed by atoms with Gasteiger partial charge in [-0.05, 0) is 25.5 Å². The van der Waals surface area contributed by atoms with Crippen molar-refractivity contribution in [3.05, 3.63) is 29.7 Å². The maximum absolute atomic E-state index is 4.11. The van der Waals surface area contributed by atoms with E-state index < -0.39 is 0 Å². The van der Waals surface area contributed by atoms with Crippen LogP contribution in [-0.4, -0.2) is 5.71 Å². The smallest absolute Gasteiger partial charge is 0.0449 e. The van der Waals surface area contributed by atoms with Crippen LogP contribution in [0, 0.1) is 0 Å². The van der Waals surface area contributed by atoms with Gasteiger partial charge in [0.05, 0.1) is 0 Å². The van der Waals surface area contributed by atoms with Gasteiger partial charge < -0.3 is 0 Å². The maximum atomic E-state index is 4.11. The Morgan fingerprint density at radius 2 is 2.11 bits per heavy atom. The van der Waals surface area contributed by atoms with E-state index in [1.165, 1.54) is 0 Å². The Kier molecular flexibility index (Phi) is 1.66. The number of hydrogen-bond donors (Lipinski definition) is 0. The topological polar surface area (TPSA) is 12.4 Å². The third-order valence-corrected chi connectivity index (χ3v) is 1.08. The summed E-state index contributed by atoms with van der Waals surface area (Å²) < 4.78 is 0. The molecule has 1 heteroatoms. The van der Waals surface area contributed by atoms with Crippen LogP contribution >= 0.6 is 0 Å². The lowest BCUT2D eigenvalue weighted by Gasteiger charge is -1.82. The standard InChI is InChI=1S/C8H9N/c1-7-4-3-5-8(2)9-6-7/h4-6H,1-2H3. The third-order valence-electron chi connectivity index (χ3n) is 1.08. The molecule has 9 heavy (non-hydrogen) atoms. The molecule has 0 N–H and O–H groups in total. The van der Waals surface area contributed by atoms with Gasteiger partial charge in [-0.25, -0.2) is 0 Å². The quantitative estimate of drug-likeness (QED) is 0.433. The van der Waals surface area contributed by atoms with Crippen LogP contribution in [0.15, 0.2) is 34.6 Å². The first-order chi connectivity index (χ1) is 4.29. The molecular weight excluding hydrogens is 110 g/mol. The lowest BCUT2D eigenvalue weighted by atomic mass is 10.3. The molecule has 0 saturated heterocycles. The van der Waals surface area contributed by atoms with Crippen molar-refractivity contribution in [3.8, 4) is 0 Å². The Morgan fingerprint density at radius 1 is 1.33 bits per heavy atom. The van der Waals surface area contributed by atoms with E-state index in [0.717, 1.165) is 11.3 Å². The molecule has 0 saturated carbocycles. The highest BCUT2D eigenvalue weighted by molar-refractivity contribution is 5.93. The molecule has 0 aromatic heterocycles. The van der Waals surface area contributed by atoms with Crippen LogP contribution in [0.5, 0.6) is 0 Å². The van der Waals surface area contributed by atoms with Crippen molar-refractivity contribution in [2.24, 2.45) is 4.99 Å². The molecule has 0 aromatic carbocycles. The van der Waals surface area contributed by atoms with Crippen LogP contribution < -0.4 is 0 Å².